The van der Waals surface area contributed by atoms with Crippen LogP contribution in [0.25, 0.3) is 0 Å². The Morgan fingerprint density at radius 2 is 1.79 bits per heavy atom. The number of aryl methyl sites for hydroxylation is 1. The van der Waals surface area contributed by atoms with E-state index in [1.54, 1.807) is 0 Å². The van der Waals surface area contributed by atoms with E-state index in [1.165, 1.54) is 0 Å². The average molecular weight is 513 g/mol. The molecule has 0 aromatic heterocycles. The lowest BCUT2D eigenvalue weighted by atomic mass is 10.1. The summed E-state index contributed by atoms with van der Waals surface area (Å²) in [5.74, 6) is 0.122. The molecule has 0 fully saturated rings. The second-order valence-electron chi connectivity index (χ2n) is 6.92. The first kappa shape index (κ1) is 22.4. The molecule has 1 amide bonds. The second kappa shape index (κ2) is 10.6. The molecule has 0 spiro atoms. The van der Waals surface area contributed by atoms with E-state index < -0.39 is 5.97 Å². The highest BCUT2D eigenvalue weighted by Crippen LogP contribution is 2.35. The molecule has 0 aliphatic rings. The molecule has 7 heteroatoms. The summed E-state index contributed by atoms with van der Waals surface area (Å²) in [5, 5.41) is 11.7. The normalized spacial score (nSPS) is 10.8. The van der Waals surface area contributed by atoms with Crippen LogP contribution in [-0.4, -0.2) is 17.0 Å². The molecular weight excluding hydrogens is 490 g/mol. The Balaban J connectivity index is 2.03. The first-order chi connectivity index (χ1) is 13.2. The van der Waals surface area contributed by atoms with Gasteiger partial charge in [-0.05, 0) is 79.6 Å². The fourth-order valence-electron chi connectivity index (χ4n) is 2.62. The molecule has 0 radical (unpaired) electrons. The van der Waals surface area contributed by atoms with Crippen molar-refractivity contribution in [3.05, 3.63) is 56.5 Å². The molecule has 0 aliphatic heterocycles. The smallest absolute Gasteiger partial charge is 0.303 e. The van der Waals surface area contributed by atoms with Gasteiger partial charge in [0.05, 0.1) is 8.95 Å². The number of amides is 1. The minimum absolute atomic E-state index is 0.00416. The number of carbonyl (C=O) groups is 2. The molecule has 0 atom stereocenters. The number of hydrogen-bond donors (Lipinski definition) is 2. The zero-order valence-corrected chi connectivity index (χ0v) is 19.0. The zero-order valence-electron chi connectivity index (χ0n) is 15.8. The van der Waals surface area contributed by atoms with Crippen molar-refractivity contribution in [2.45, 2.75) is 39.7 Å². The van der Waals surface area contributed by atoms with Gasteiger partial charge in [-0.2, -0.15) is 0 Å². The third-order valence-corrected chi connectivity index (χ3v) is 5.05. The lowest BCUT2D eigenvalue weighted by Gasteiger charge is -2.13. The molecule has 2 aromatic carbocycles. The number of anilines is 1. The van der Waals surface area contributed by atoms with Crippen LogP contribution in [0.4, 0.5) is 5.69 Å². The summed E-state index contributed by atoms with van der Waals surface area (Å²) in [4.78, 5) is 22.7. The number of ether oxygens (including phenoxy) is 1. The van der Waals surface area contributed by atoms with Gasteiger partial charge in [0.2, 0.25) is 5.91 Å². The van der Waals surface area contributed by atoms with E-state index in [-0.39, 0.29) is 12.3 Å². The number of hydrogen-bond acceptors (Lipinski definition) is 3. The summed E-state index contributed by atoms with van der Waals surface area (Å²) >= 11 is 6.98. The summed E-state index contributed by atoms with van der Waals surface area (Å²) in [7, 11) is 0. The van der Waals surface area contributed by atoms with E-state index in [0.29, 0.717) is 31.1 Å². The lowest BCUT2D eigenvalue weighted by Crippen LogP contribution is -2.14. The number of carbonyl (C=O) groups excluding carboxylic acids is 1. The Bertz CT molecular complexity index is 829. The van der Waals surface area contributed by atoms with Crippen LogP contribution in [0.2, 0.25) is 0 Å². The van der Waals surface area contributed by atoms with Crippen molar-refractivity contribution in [3.8, 4) is 5.75 Å². The van der Waals surface area contributed by atoms with Gasteiger partial charge in [-0.1, -0.05) is 26.0 Å². The van der Waals surface area contributed by atoms with Crippen molar-refractivity contribution in [2.75, 3.05) is 5.32 Å². The Morgan fingerprint density at radius 3 is 2.39 bits per heavy atom. The van der Waals surface area contributed by atoms with Gasteiger partial charge in [0.15, 0.2) is 0 Å². The first-order valence-corrected chi connectivity index (χ1v) is 10.5. The standard InChI is InChI=1S/C21H23Br2NO4/c1-13(2)8-19(25)24-16-5-3-4-15(9-16)12-28-21-17(22)10-14(11-18(21)23)6-7-20(26)27/h3-5,9-11,13H,6-8,12H2,1-2H3,(H,24,25)(H,26,27). The van der Waals surface area contributed by atoms with Crippen LogP contribution in [0.15, 0.2) is 45.3 Å². The zero-order chi connectivity index (χ0) is 20.7. The number of nitrogens with one attached hydrogen (secondary N) is 1. The molecule has 2 rings (SSSR count). The molecule has 28 heavy (non-hydrogen) atoms. The quantitative estimate of drug-likeness (QED) is 0.445. The topological polar surface area (TPSA) is 75.6 Å². The summed E-state index contributed by atoms with van der Waals surface area (Å²) < 4.78 is 7.44. The molecule has 0 saturated carbocycles. The largest absolute Gasteiger partial charge is 0.487 e. The number of benzene rings is 2. The van der Waals surface area contributed by atoms with E-state index in [1.807, 2.05) is 50.2 Å². The third-order valence-electron chi connectivity index (χ3n) is 3.87. The number of carboxylic acid groups (broad SMARTS) is 1. The maximum Gasteiger partial charge on any atom is 0.303 e. The predicted octanol–water partition coefficient (Wildman–Crippen LogP) is 5.79. The van der Waals surface area contributed by atoms with Gasteiger partial charge < -0.3 is 15.2 Å². The predicted molar refractivity (Wildman–Crippen MR) is 117 cm³/mol. The maximum absolute atomic E-state index is 11.9. The van der Waals surface area contributed by atoms with Crippen molar-refractivity contribution in [1.82, 2.24) is 0 Å². The fourth-order valence-corrected chi connectivity index (χ4v) is 4.13. The summed E-state index contributed by atoms with van der Waals surface area (Å²) in [6, 6.07) is 11.3. The monoisotopic (exact) mass is 511 g/mol. The number of halogens is 2. The fraction of sp³-hybridized carbons (Fsp3) is 0.333. The van der Waals surface area contributed by atoms with Crippen LogP contribution >= 0.6 is 31.9 Å². The van der Waals surface area contributed by atoms with E-state index >= 15 is 0 Å². The molecule has 0 aliphatic carbocycles. The van der Waals surface area contributed by atoms with E-state index in [4.69, 9.17) is 9.84 Å². The molecule has 150 valence electrons. The van der Waals surface area contributed by atoms with Gasteiger partial charge in [-0.25, -0.2) is 0 Å². The van der Waals surface area contributed by atoms with Crippen molar-refractivity contribution in [3.63, 3.8) is 0 Å². The molecule has 0 unspecified atom stereocenters. The van der Waals surface area contributed by atoms with E-state index in [2.05, 4.69) is 37.2 Å². The van der Waals surface area contributed by atoms with Crippen LogP contribution in [0.5, 0.6) is 5.75 Å². The maximum atomic E-state index is 11.9. The SMILES string of the molecule is CC(C)CC(=O)Nc1cccc(COc2c(Br)cc(CCC(=O)O)cc2Br)c1. The van der Waals surface area contributed by atoms with Crippen LogP contribution in [0, 0.1) is 5.92 Å². The highest BCUT2D eigenvalue weighted by Gasteiger charge is 2.11. The Kier molecular flexibility index (Phi) is 8.51. The lowest BCUT2D eigenvalue weighted by molar-refractivity contribution is -0.137. The van der Waals surface area contributed by atoms with Gasteiger partial charge in [-0.15, -0.1) is 0 Å². The summed E-state index contributed by atoms with van der Waals surface area (Å²) in [6.07, 6.45) is 1.01. The molecular formula is C21H23Br2NO4. The third kappa shape index (κ3) is 7.28. The van der Waals surface area contributed by atoms with Crippen LogP contribution in [-0.2, 0) is 22.6 Å². The van der Waals surface area contributed by atoms with Gasteiger partial charge in [-0.3, -0.25) is 9.59 Å². The van der Waals surface area contributed by atoms with Crippen LogP contribution < -0.4 is 10.1 Å². The van der Waals surface area contributed by atoms with Crippen molar-refractivity contribution in [1.29, 1.82) is 0 Å². The van der Waals surface area contributed by atoms with Crippen molar-refractivity contribution < 1.29 is 19.4 Å². The van der Waals surface area contributed by atoms with E-state index in [9.17, 15) is 9.59 Å². The molecule has 0 saturated heterocycles. The van der Waals surface area contributed by atoms with Gasteiger partial charge in [0.1, 0.15) is 12.4 Å². The molecule has 0 heterocycles. The first-order valence-electron chi connectivity index (χ1n) is 8.96. The van der Waals surface area contributed by atoms with Crippen LogP contribution in [0.1, 0.15) is 37.8 Å². The Labute approximate surface area is 181 Å². The number of rotatable bonds is 9. The van der Waals surface area contributed by atoms with Crippen molar-refractivity contribution in [2.24, 2.45) is 5.92 Å². The van der Waals surface area contributed by atoms with Crippen molar-refractivity contribution >= 4 is 49.4 Å². The molecule has 0 bridgehead atoms. The molecule has 2 N–H and O–H groups in total. The highest BCUT2D eigenvalue weighted by molar-refractivity contribution is 9.11. The number of carboxylic acids is 1. The average Bonchev–Trinajstić information content (AvgIpc) is 2.58. The van der Waals surface area contributed by atoms with Gasteiger partial charge in [0.25, 0.3) is 0 Å². The Morgan fingerprint density at radius 1 is 1.11 bits per heavy atom. The summed E-state index contributed by atoms with van der Waals surface area (Å²) in [6.45, 7) is 4.35. The Hall–Kier alpha value is -1.86. The summed E-state index contributed by atoms with van der Waals surface area (Å²) in [5.41, 5.74) is 2.58. The highest BCUT2D eigenvalue weighted by atomic mass is 79.9. The number of aliphatic carboxylic acids is 1. The minimum Gasteiger partial charge on any atom is -0.487 e. The van der Waals surface area contributed by atoms with Gasteiger partial charge >= 0.3 is 5.97 Å². The van der Waals surface area contributed by atoms with Crippen LogP contribution in [0.3, 0.4) is 0 Å². The van der Waals surface area contributed by atoms with E-state index in [0.717, 1.165) is 25.8 Å². The minimum atomic E-state index is -0.826. The molecule has 5 nitrogen and oxygen atoms in total. The molecule has 2 aromatic rings. The second-order valence-corrected chi connectivity index (χ2v) is 8.63. The van der Waals surface area contributed by atoms with Gasteiger partial charge in [0, 0.05) is 18.5 Å².